The predicted octanol–water partition coefficient (Wildman–Crippen LogP) is 6.73. The number of carbonyl (C=O) groups is 1. The van der Waals surface area contributed by atoms with E-state index in [1.807, 2.05) is 12.4 Å². The molecule has 0 bridgehead atoms. The Morgan fingerprint density at radius 2 is 1.26 bits per heavy atom. The van der Waals surface area contributed by atoms with E-state index in [0.717, 1.165) is 54.6 Å². The molecule has 0 fully saturated rings. The van der Waals surface area contributed by atoms with Gasteiger partial charge in [-0.2, -0.15) is 0 Å². The third-order valence-electron chi connectivity index (χ3n) is 5.58. The number of unbranched alkanes of at least 4 members (excludes halogenated alkanes) is 4. The smallest absolute Gasteiger partial charge is 0.303 e. The van der Waals surface area contributed by atoms with Crippen molar-refractivity contribution in [2.75, 3.05) is 0 Å². The Bertz CT molecular complexity index is 932. The van der Waals surface area contributed by atoms with Crippen LogP contribution in [-0.4, -0.2) is 21.0 Å². The number of benzene rings is 2. The van der Waals surface area contributed by atoms with E-state index in [2.05, 4.69) is 65.4 Å². The normalized spacial score (nSPS) is 10.9. The summed E-state index contributed by atoms with van der Waals surface area (Å²) in [5.74, 6) is 0.0406. The molecule has 0 atom stereocenters. The highest BCUT2D eigenvalue weighted by atomic mass is 16.4. The van der Waals surface area contributed by atoms with E-state index in [9.17, 15) is 4.79 Å². The molecule has 0 aliphatic rings. The fourth-order valence-electron chi connectivity index (χ4n) is 3.67. The molecule has 4 nitrogen and oxygen atoms in total. The fourth-order valence-corrected chi connectivity index (χ4v) is 3.67. The summed E-state index contributed by atoms with van der Waals surface area (Å²) in [6, 6.07) is 17.1. The van der Waals surface area contributed by atoms with Crippen molar-refractivity contribution in [1.29, 1.82) is 0 Å². The van der Waals surface area contributed by atoms with E-state index >= 15 is 0 Å². The number of nitrogens with zero attached hydrogens (tertiary/aromatic N) is 2. The molecule has 1 N–H and O–H groups in total. The van der Waals surface area contributed by atoms with Gasteiger partial charge in [-0.15, -0.1) is 0 Å². The standard InChI is InChI=1S/C27H32N2O2/c1-2-3-5-8-21-13-17-24(18-14-21)27-28-19-25(20-29-27)23-15-11-22(12-16-23)9-6-4-7-10-26(30)31/h11-20H,2-10H2,1H3,(H,30,31). The first-order valence-corrected chi connectivity index (χ1v) is 11.4. The van der Waals surface area contributed by atoms with Gasteiger partial charge in [0.05, 0.1) is 0 Å². The van der Waals surface area contributed by atoms with Crippen LogP contribution in [-0.2, 0) is 17.6 Å². The van der Waals surface area contributed by atoms with Crippen molar-refractivity contribution in [2.24, 2.45) is 0 Å². The van der Waals surface area contributed by atoms with Crippen LogP contribution in [0.15, 0.2) is 60.9 Å². The van der Waals surface area contributed by atoms with Crippen molar-refractivity contribution in [3.8, 4) is 22.5 Å². The maximum absolute atomic E-state index is 10.6. The lowest BCUT2D eigenvalue weighted by molar-refractivity contribution is -0.137. The highest BCUT2D eigenvalue weighted by molar-refractivity contribution is 5.66. The second-order valence-corrected chi connectivity index (χ2v) is 8.10. The molecular weight excluding hydrogens is 384 g/mol. The summed E-state index contributed by atoms with van der Waals surface area (Å²) < 4.78 is 0. The van der Waals surface area contributed by atoms with Crippen molar-refractivity contribution in [2.45, 2.75) is 64.7 Å². The van der Waals surface area contributed by atoms with Crippen LogP contribution in [0.25, 0.3) is 22.5 Å². The summed E-state index contributed by atoms with van der Waals surface area (Å²) in [7, 11) is 0. The summed E-state index contributed by atoms with van der Waals surface area (Å²) in [6.45, 7) is 2.23. The molecule has 3 rings (SSSR count). The first-order chi connectivity index (χ1) is 15.2. The number of carboxylic acid groups (broad SMARTS) is 1. The minimum atomic E-state index is -0.711. The molecule has 3 aromatic rings. The van der Waals surface area contributed by atoms with Crippen LogP contribution < -0.4 is 0 Å². The lowest BCUT2D eigenvalue weighted by Gasteiger charge is -2.06. The number of hydrogen-bond donors (Lipinski definition) is 1. The summed E-state index contributed by atoms with van der Waals surface area (Å²) >= 11 is 0. The zero-order chi connectivity index (χ0) is 21.9. The summed E-state index contributed by atoms with van der Waals surface area (Å²) in [6.07, 6.45) is 12.6. The molecule has 0 radical (unpaired) electrons. The van der Waals surface area contributed by atoms with Gasteiger partial charge >= 0.3 is 5.97 Å². The largest absolute Gasteiger partial charge is 0.481 e. The van der Waals surface area contributed by atoms with E-state index in [1.165, 1.54) is 30.4 Å². The molecule has 162 valence electrons. The van der Waals surface area contributed by atoms with Gasteiger partial charge in [0.2, 0.25) is 0 Å². The summed E-state index contributed by atoms with van der Waals surface area (Å²) in [5.41, 5.74) is 5.80. The lowest BCUT2D eigenvalue weighted by atomic mass is 10.0. The van der Waals surface area contributed by atoms with Crippen LogP contribution in [0.2, 0.25) is 0 Å². The maximum Gasteiger partial charge on any atom is 0.303 e. The van der Waals surface area contributed by atoms with Crippen LogP contribution in [0.5, 0.6) is 0 Å². The third kappa shape index (κ3) is 7.32. The topological polar surface area (TPSA) is 63.1 Å². The quantitative estimate of drug-likeness (QED) is 0.332. The van der Waals surface area contributed by atoms with Crippen LogP contribution in [0.1, 0.15) is 63.0 Å². The highest BCUT2D eigenvalue weighted by Crippen LogP contribution is 2.22. The molecule has 0 aliphatic heterocycles. The van der Waals surface area contributed by atoms with Crippen molar-refractivity contribution in [1.82, 2.24) is 9.97 Å². The highest BCUT2D eigenvalue weighted by Gasteiger charge is 2.05. The molecule has 1 heterocycles. The molecular formula is C27H32N2O2. The van der Waals surface area contributed by atoms with Gasteiger partial charge in [0.25, 0.3) is 0 Å². The minimum absolute atomic E-state index is 0.262. The minimum Gasteiger partial charge on any atom is -0.481 e. The van der Waals surface area contributed by atoms with Crippen molar-refractivity contribution < 1.29 is 9.90 Å². The van der Waals surface area contributed by atoms with E-state index < -0.39 is 5.97 Å². The Balaban J connectivity index is 1.54. The molecule has 4 heteroatoms. The Morgan fingerprint density at radius 1 is 0.710 bits per heavy atom. The Hall–Kier alpha value is -3.01. The SMILES string of the molecule is CCCCCc1ccc(-c2ncc(-c3ccc(CCCCCC(=O)O)cc3)cn2)cc1. The van der Waals surface area contributed by atoms with Gasteiger partial charge in [0.15, 0.2) is 5.82 Å². The van der Waals surface area contributed by atoms with Crippen molar-refractivity contribution in [3.05, 3.63) is 72.1 Å². The molecule has 0 saturated carbocycles. The maximum atomic E-state index is 10.6. The van der Waals surface area contributed by atoms with Crippen LogP contribution in [0, 0.1) is 0 Å². The zero-order valence-electron chi connectivity index (χ0n) is 18.4. The van der Waals surface area contributed by atoms with Gasteiger partial charge in [0, 0.05) is 29.9 Å². The number of hydrogen-bond acceptors (Lipinski definition) is 3. The van der Waals surface area contributed by atoms with E-state index in [1.54, 1.807) is 0 Å². The second kappa shape index (κ2) is 12.0. The Labute approximate surface area is 185 Å². The second-order valence-electron chi connectivity index (χ2n) is 8.10. The zero-order valence-corrected chi connectivity index (χ0v) is 18.4. The number of aryl methyl sites for hydroxylation is 2. The van der Waals surface area contributed by atoms with E-state index in [0.29, 0.717) is 0 Å². The molecule has 2 aromatic carbocycles. The van der Waals surface area contributed by atoms with Crippen molar-refractivity contribution in [3.63, 3.8) is 0 Å². The number of aliphatic carboxylic acids is 1. The number of aromatic nitrogens is 2. The van der Waals surface area contributed by atoms with E-state index in [-0.39, 0.29) is 6.42 Å². The number of carboxylic acids is 1. The Morgan fingerprint density at radius 3 is 1.81 bits per heavy atom. The van der Waals surface area contributed by atoms with Crippen molar-refractivity contribution >= 4 is 5.97 Å². The molecule has 1 aromatic heterocycles. The van der Waals surface area contributed by atoms with Gasteiger partial charge < -0.3 is 5.11 Å². The molecule has 0 saturated heterocycles. The monoisotopic (exact) mass is 416 g/mol. The molecule has 0 spiro atoms. The molecule has 0 unspecified atom stereocenters. The fraction of sp³-hybridized carbons (Fsp3) is 0.370. The van der Waals surface area contributed by atoms with Gasteiger partial charge in [0.1, 0.15) is 0 Å². The Kier molecular flexibility index (Phi) is 8.77. The first-order valence-electron chi connectivity index (χ1n) is 11.4. The summed E-state index contributed by atoms with van der Waals surface area (Å²) in [5, 5.41) is 8.69. The molecule has 31 heavy (non-hydrogen) atoms. The molecule has 0 amide bonds. The van der Waals surface area contributed by atoms with Crippen LogP contribution in [0.4, 0.5) is 0 Å². The molecule has 0 aliphatic carbocycles. The van der Waals surface area contributed by atoms with Gasteiger partial charge in [-0.3, -0.25) is 4.79 Å². The average molecular weight is 417 g/mol. The van der Waals surface area contributed by atoms with Crippen LogP contribution in [0.3, 0.4) is 0 Å². The number of rotatable bonds is 12. The average Bonchev–Trinajstić information content (AvgIpc) is 2.80. The lowest BCUT2D eigenvalue weighted by Crippen LogP contribution is -1.94. The van der Waals surface area contributed by atoms with Gasteiger partial charge in [-0.05, 0) is 48.8 Å². The van der Waals surface area contributed by atoms with E-state index in [4.69, 9.17) is 5.11 Å². The predicted molar refractivity (Wildman–Crippen MR) is 126 cm³/mol. The van der Waals surface area contributed by atoms with Gasteiger partial charge in [-0.25, -0.2) is 9.97 Å². The van der Waals surface area contributed by atoms with Crippen LogP contribution >= 0.6 is 0 Å². The first kappa shape index (κ1) is 22.7. The summed E-state index contributed by atoms with van der Waals surface area (Å²) in [4.78, 5) is 19.7. The third-order valence-corrected chi connectivity index (χ3v) is 5.58. The van der Waals surface area contributed by atoms with Gasteiger partial charge in [-0.1, -0.05) is 74.7 Å².